The lowest BCUT2D eigenvalue weighted by molar-refractivity contribution is -0.570. The molecular formula is C90H74N4OSi. The molecule has 0 fully saturated rings. The Hall–Kier alpha value is -10.9. The van der Waals surface area contributed by atoms with Gasteiger partial charge in [-0.3, -0.25) is 13.7 Å². The third-order valence-electron chi connectivity index (χ3n) is 19.1. The van der Waals surface area contributed by atoms with Crippen LogP contribution in [0.15, 0.2) is 297 Å². The third kappa shape index (κ3) is 9.63. The van der Waals surface area contributed by atoms with Crippen LogP contribution in [0.1, 0.15) is 104 Å². The van der Waals surface area contributed by atoms with Crippen molar-refractivity contribution in [3.8, 4) is 84.3 Å². The van der Waals surface area contributed by atoms with Crippen LogP contribution in [0.4, 0.5) is 0 Å². The molecule has 1 aliphatic heterocycles. The van der Waals surface area contributed by atoms with Crippen LogP contribution < -0.4 is 30.1 Å². The Labute approximate surface area is 590 Å². The first-order chi connectivity index (χ1) is 54.5. The van der Waals surface area contributed by atoms with Gasteiger partial charge in [0.2, 0.25) is 0 Å². The minimum atomic E-state index is -4.57. The van der Waals surface area contributed by atoms with Crippen LogP contribution in [0.25, 0.3) is 106 Å². The Kier molecular flexibility index (Phi) is 9.84. The van der Waals surface area contributed by atoms with Gasteiger partial charge in [-0.2, -0.15) is 0 Å². The van der Waals surface area contributed by atoms with E-state index in [4.69, 9.17) is 17.9 Å². The number of ether oxygens (including phenoxy) is 1. The van der Waals surface area contributed by atoms with Gasteiger partial charge in [0, 0.05) is 45.0 Å². The summed E-state index contributed by atoms with van der Waals surface area (Å²) >= 11 is 0. The molecule has 464 valence electrons. The van der Waals surface area contributed by atoms with Crippen molar-refractivity contribution in [2.75, 3.05) is 0 Å². The van der Waals surface area contributed by atoms with E-state index in [2.05, 4.69) is 111 Å². The summed E-state index contributed by atoms with van der Waals surface area (Å²) in [5.41, 5.74) is -3.27. The van der Waals surface area contributed by atoms with Gasteiger partial charge in [0.1, 0.15) is 17.3 Å². The van der Waals surface area contributed by atoms with E-state index in [9.17, 15) is 17.8 Å². The van der Waals surface area contributed by atoms with Gasteiger partial charge in [-0.15, -0.1) is 0 Å². The molecular weight excluding hydrogens is 1180 g/mol. The second-order valence-corrected chi connectivity index (χ2v) is 29.7. The number of pyridine rings is 1. The summed E-state index contributed by atoms with van der Waals surface area (Å²) in [5, 5.41) is 5.96. The van der Waals surface area contributed by atoms with Crippen LogP contribution in [0.5, 0.6) is 11.5 Å². The fourth-order valence-corrected chi connectivity index (χ4v) is 19.3. The molecule has 0 unspecified atom stereocenters. The van der Waals surface area contributed by atoms with Crippen molar-refractivity contribution in [2.24, 2.45) is 0 Å². The first kappa shape index (κ1) is 41.7. The number of para-hydroxylation sites is 2. The van der Waals surface area contributed by atoms with E-state index in [-0.39, 0.29) is 16.7 Å². The molecule has 0 N–H and O–H groups in total. The van der Waals surface area contributed by atoms with Gasteiger partial charge < -0.3 is 4.74 Å². The summed E-state index contributed by atoms with van der Waals surface area (Å²) in [6, 6.07) is 85.6. The zero-order valence-electron chi connectivity index (χ0n) is 71.8. The predicted molar refractivity (Wildman–Crippen MR) is 401 cm³/mol. The average Bonchev–Trinajstić information content (AvgIpc) is 0.891. The van der Waals surface area contributed by atoms with E-state index in [0.717, 1.165) is 76.2 Å². The van der Waals surface area contributed by atoms with Crippen LogP contribution in [0.2, 0.25) is 0 Å². The standard InChI is InChI=1S/C90H74N4OSi/c1-88(2,3)63-48-51-91-85(55-63)94-82-41-23-22-38-75(82)76-45-43-66(57-83(76)94)95-65-29-24-28-64(56-65)92-59-93-86-71(61-42-47-80-81(53-61)90(6,7)50-49-89(80,4)5)39-25-40-77(86)78-58-70(96(67-30-14-9-15-31-67,68-32-16-10-17-33-68)69-34-18-11-19-35-69)44-46-74(78)72-36-20-21-37-73(72)79-52-62(54-84(92)87(79)93)60-26-12-8-13-27-60/h8-48,51-58H,49-50H2,1-7H3/i4D3,5D3,6D3,7D3,42D,47D,49D2,50D2,53D. The summed E-state index contributed by atoms with van der Waals surface area (Å²) in [7, 11) is -3.52. The molecule has 6 heteroatoms. The topological polar surface area (TPSA) is 35.9 Å². The molecule has 3 aromatic heterocycles. The Bertz CT molecular complexity index is 6300. The average molecular weight is 1270 g/mol. The summed E-state index contributed by atoms with van der Waals surface area (Å²) in [6.45, 7) is -10.7. The van der Waals surface area contributed by atoms with E-state index in [1.807, 2.05) is 193 Å². The van der Waals surface area contributed by atoms with E-state index in [1.54, 1.807) is 10.6 Å². The molecule has 0 saturated heterocycles. The van der Waals surface area contributed by atoms with Gasteiger partial charge in [0.25, 0.3) is 6.33 Å². The Morgan fingerprint density at radius 1 is 0.479 bits per heavy atom. The molecule has 0 amide bonds. The van der Waals surface area contributed by atoms with Gasteiger partial charge in [0.05, 0.1) is 37.6 Å². The summed E-state index contributed by atoms with van der Waals surface area (Å²) in [4.78, 5) is 4.92. The largest absolute Gasteiger partial charge is 0.458 e. The lowest BCUT2D eigenvalue weighted by Crippen LogP contribution is -2.74. The highest BCUT2D eigenvalue weighted by molar-refractivity contribution is 7.20. The summed E-state index contributed by atoms with van der Waals surface area (Å²) < 4.78 is 195. The maximum Gasteiger partial charge on any atom is 0.269 e. The fraction of sp³-hybridized carbons (Fsp3) is 0.133. The Balaban J connectivity index is 1.01. The van der Waals surface area contributed by atoms with Crippen molar-refractivity contribution in [3.05, 3.63) is 320 Å². The zero-order valence-corrected chi connectivity index (χ0v) is 53.8. The molecule has 5 nitrogen and oxygen atoms in total. The van der Waals surface area contributed by atoms with E-state index in [1.165, 1.54) is 6.07 Å². The molecule has 0 atom stereocenters. The summed E-state index contributed by atoms with van der Waals surface area (Å²) in [6.07, 6.45) is -3.53. The highest BCUT2D eigenvalue weighted by atomic mass is 28.3. The van der Waals surface area contributed by atoms with Crippen molar-refractivity contribution in [2.45, 2.75) is 77.2 Å². The molecule has 12 aromatic carbocycles. The normalized spacial score (nSPS) is 18.3. The van der Waals surface area contributed by atoms with Crippen molar-refractivity contribution >= 4 is 61.7 Å². The van der Waals surface area contributed by atoms with Gasteiger partial charge in [0.15, 0.2) is 8.07 Å². The lowest BCUT2D eigenvalue weighted by Gasteiger charge is -2.42. The molecule has 0 spiro atoms. The first-order valence-electron chi connectivity index (χ1n) is 41.6. The molecule has 0 saturated carbocycles. The van der Waals surface area contributed by atoms with Gasteiger partial charge in [-0.05, 0) is 177 Å². The highest BCUT2D eigenvalue weighted by Gasteiger charge is 2.43. The minimum absolute atomic E-state index is 0.0814. The van der Waals surface area contributed by atoms with Crippen molar-refractivity contribution in [1.82, 2.24) is 14.1 Å². The van der Waals surface area contributed by atoms with Gasteiger partial charge in [-0.25, -0.2) is 4.98 Å². The van der Waals surface area contributed by atoms with Crippen LogP contribution in [-0.4, -0.2) is 22.2 Å². The maximum absolute atomic E-state index is 10.8. The van der Waals surface area contributed by atoms with Crippen molar-refractivity contribution in [3.63, 3.8) is 0 Å². The number of fused-ring (bicyclic) bond motifs is 11. The molecule has 2 aliphatic rings. The third-order valence-corrected chi connectivity index (χ3v) is 23.8. The fourth-order valence-electron chi connectivity index (χ4n) is 14.6. The Morgan fingerprint density at radius 3 is 1.79 bits per heavy atom. The smallest absolute Gasteiger partial charge is 0.269 e. The SMILES string of the molecule is [2H]c1c([2H])c2c(c([2H])c1-c1cccc3c1-[n+]1[c-]n(-c4cccc(Oc5ccc6c7ccccc7n(-c7cc(C(C)(C)C)ccn7)c6c5)c4)c4cc(-c5ccccc5)cc(c41)-c1ccccc1-c1ccc([Si](c4ccccc4)(c4ccccc4)c4ccccc4)cc1-3)C(C([2H])([2H])[2H])(C([2H])([2H])[2H])C([2H])([2H])C([2H])([2H])C2(C([2H])([2H])[2H])C([2H])([2H])[2H]. The Morgan fingerprint density at radius 2 is 1.08 bits per heavy atom. The predicted octanol–water partition coefficient (Wildman–Crippen LogP) is 19.7. The number of hydrogen-bond donors (Lipinski definition) is 0. The lowest BCUT2D eigenvalue weighted by atomic mass is 9.63. The van der Waals surface area contributed by atoms with Crippen LogP contribution in [-0.2, 0) is 16.2 Å². The molecule has 96 heavy (non-hydrogen) atoms. The van der Waals surface area contributed by atoms with E-state index < -0.39 is 93.9 Å². The molecule has 17 rings (SSSR count). The minimum Gasteiger partial charge on any atom is -0.458 e. The zero-order chi connectivity index (χ0) is 81.3. The van der Waals surface area contributed by atoms with Crippen molar-refractivity contribution < 1.29 is 35.3 Å². The van der Waals surface area contributed by atoms with Gasteiger partial charge >= 0.3 is 0 Å². The van der Waals surface area contributed by atoms with Crippen LogP contribution in [0.3, 0.4) is 0 Å². The number of benzene rings is 12. The van der Waals surface area contributed by atoms with E-state index in [0.29, 0.717) is 50.5 Å². The summed E-state index contributed by atoms with van der Waals surface area (Å²) in [5.74, 6) is 1.63. The molecule has 0 radical (unpaired) electrons. The van der Waals surface area contributed by atoms with Gasteiger partial charge in [-0.1, -0.05) is 279 Å². The molecule has 4 heterocycles. The second-order valence-electron chi connectivity index (χ2n) is 25.9. The number of hydrogen-bond acceptors (Lipinski definition) is 2. The first-order valence-corrected chi connectivity index (χ1v) is 34.1. The number of rotatable bonds is 10. The molecule has 15 aromatic rings. The second kappa shape index (κ2) is 22.6. The number of nitrogens with zero attached hydrogens (tertiary/aromatic N) is 4. The highest BCUT2D eigenvalue weighted by Crippen LogP contribution is 2.50. The number of aromatic nitrogens is 4. The number of imidazole rings is 1. The van der Waals surface area contributed by atoms with Crippen LogP contribution in [0, 0.1) is 6.33 Å². The quantitative estimate of drug-likeness (QED) is 0.0592. The van der Waals surface area contributed by atoms with Crippen molar-refractivity contribution in [1.29, 1.82) is 0 Å². The maximum atomic E-state index is 10.8. The van der Waals surface area contributed by atoms with Crippen LogP contribution >= 0.6 is 0 Å². The monoisotopic (exact) mass is 1270 g/mol. The molecule has 0 bridgehead atoms. The molecule has 1 aliphatic carbocycles. The van der Waals surface area contributed by atoms with E-state index >= 15 is 0 Å².